The molecule has 17 heavy (non-hydrogen) atoms. The maximum atomic E-state index is 11.4. The first-order valence-electron chi connectivity index (χ1n) is 5.78. The summed E-state index contributed by atoms with van der Waals surface area (Å²) in [6.45, 7) is 6.38. The molecule has 1 fully saturated rings. The van der Waals surface area contributed by atoms with Gasteiger partial charge in [-0.3, -0.25) is 19.3 Å². The number of hydrogen-bond acceptors (Lipinski definition) is 4. The molecule has 0 N–H and O–H groups in total. The molecular weight excluding hydrogens is 222 g/mol. The predicted molar refractivity (Wildman–Crippen MR) is 61.0 cm³/mol. The summed E-state index contributed by atoms with van der Waals surface area (Å²) < 4.78 is 5.05. The molecule has 0 aromatic carbocycles. The smallest absolute Gasteiger partial charge is 0.307 e. The van der Waals surface area contributed by atoms with Gasteiger partial charge < -0.3 is 4.74 Å². The van der Waals surface area contributed by atoms with E-state index in [9.17, 15) is 14.4 Å². The van der Waals surface area contributed by atoms with E-state index in [1.807, 2.05) is 20.8 Å². The van der Waals surface area contributed by atoms with Crippen molar-refractivity contribution in [3.8, 4) is 0 Å². The van der Waals surface area contributed by atoms with Gasteiger partial charge in [-0.2, -0.15) is 0 Å². The zero-order valence-corrected chi connectivity index (χ0v) is 10.6. The van der Waals surface area contributed by atoms with E-state index in [2.05, 4.69) is 0 Å². The van der Waals surface area contributed by atoms with Gasteiger partial charge in [-0.15, -0.1) is 0 Å². The van der Waals surface area contributed by atoms with Gasteiger partial charge in [0.2, 0.25) is 11.8 Å². The number of nitrogens with zero attached hydrogens (tertiary/aromatic N) is 1. The van der Waals surface area contributed by atoms with Gasteiger partial charge in [0.1, 0.15) is 0 Å². The van der Waals surface area contributed by atoms with Crippen molar-refractivity contribution in [2.45, 2.75) is 40.0 Å². The lowest BCUT2D eigenvalue weighted by Crippen LogP contribution is -2.32. The fourth-order valence-electron chi connectivity index (χ4n) is 1.44. The lowest BCUT2D eigenvalue weighted by atomic mass is 9.99. The fourth-order valence-corrected chi connectivity index (χ4v) is 1.44. The van der Waals surface area contributed by atoms with Gasteiger partial charge in [-0.05, 0) is 5.41 Å². The summed E-state index contributed by atoms with van der Waals surface area (Å²) in [5, 5.41) is 0. The molecule has 0 radical (unpaired) electrons. The average Bonchev–Trinajstić information content (AvgIpc) is 2.52. The molecule has 96 valence electrons. The molecule has 0 bridgehead atoms. The number of rotatable bonds is 4. The summed E-state index contributed by atoms with van der Waals surface area (Å²) >= 11 is 0. The van der Waals surface area contributed by atoms with Gasteiger partial charge in [0.05, 0.1) is 13.0 Å². The van der Waals surface area contributed by atoms with E-state index in [0.29, 0.717) is 6.61 Å². The Labute approximate surface area is 101 Å². The lowest BCUT2D eigenvalue weighted by Gasteiger charge is -2.18. The largest absolute Gasteiger partial charge is 0.465 e. The Morgan fingerprint density at radius 3 is 2.24 bits per heavy atom. The van der Waals surface area contributed by atoms with Crippen molar-refractivity contribution in [2.24, 2.45) is 5.41 Å². The second kappa shape index (κ2) is 5.29. The molecule has 5 nitrogen and oxygen atoms in total. The highest BCUT2D eigenvalue weighted by Gasteiger charge is 2.29. The highest BCUT2D eigenvalue weighted by atomic mass is 16.5. The molecule has 0 atom stereocenters. The summed E-state index contributed by atoms with van der Waals surface area (Å²) in [7, 11) is 0. The number of likely N-dealkylation sites (tertiary alicyclic amines) is 1. The van der Waals surface area contributed by atoms with Gasteiger partial charge in [0.25, 0.3) is 0 Å². The Balaban J connectivity index is 2.29. The quantitative estimate of drug-likeness (QED) is 0.546. The first kappa shape index (κ1) is 13.7. The molecule has 1 saturated heterocycles. The molecule has 1 heterocycles. The molecule has 0 aromatic rings. The highest BCUT2D eigenvalue weighted by Crippen LogP contribution is 2.14. The van der Waals surface area contributed by atoms with Gasteiger partial charge in [0, 0.05) is 19.4 Å². The minimum absolute atomic E-state index is 0.0745. The van der Waals surface area contributed by atoms with E-state index in [-0.39, 0.29) is 49.0 Å². The molecule has 1 aliphatic rings. The van der Waals surface area contributed by atoms with Crippen LogP contribution in [0.4, 0.5) is 0 Å². The molecule has 0 saturated carbocycles. The van der Waals surface area contributed by atoms with Crippen molar-refractivity contribution < 1.29 is 19.1 Å². The van der Waals surface area contributed by atoms with Crippen LogP contribution in [0.15, 0.2) is 0 Å². The molecule has 0 aromatic heterocycles. The zero-order chi connectivity index (χ0) is 13.1. The van der Waals surface area contributed by atoms with E-state index in [0.717, 1.165) is 4.90 Å². The first-order chi connectivity index (χ1) is 7.79. The minimum atomic E-state index is -0.368. The molecule has 0 unspecified atom stereocenters. The number of carbonyl (C=O) groups excluding carboxylic acids is 3. The SMILES string of the molecule is CC(C)(C)COC(=O)CCN1C(=O)CCC1=O. The third kappa shape index (κ3) is 4.54. The molecule has 2 amide bonds. The lowest BCUT2D eigenvalue weighted by molar-refractivity contribution is -0.147. The van der Waals surface area contributed by atoms with Crippen molar-refractivity contribution >= 4 is 17.8 Å². The summed E-state index contributed by atoms with van der Waals surface area (Å²) in [6.07, 6.45) is 0.597. The third-order valence-electron chi connectivity index (χ3n) is 2.36. The van der Waals surface area contributed by atoms with Crippen LogP contribution in [0.2, 0.25) is 0 Å². The Hall–Kier alpha value is -1.39. The summed E-state index contributed by atoms with van der Waals surface area (Å²) in [5.41, 5.74) is -0.0745. The topological polar surface area (TPSA) is 63.7 Å². The van der Waals surface area contributed by atoms with Crippen molar-refractivity contribution in [2.75, 3.05) is 13.2 Å². The molecule has 0 spiro atoms. The van der Waals surface area contributed by atoms with Crippen LogP contribution in [0.5, 0.6) is 0 Å². The molecule has 0 aliphatic carbocycles. The normalized spacial score (nSPS) is 16.5. The van der Waals surface area contributed by atoms with Crippen LogP contribution in [0.1, 0.15) is 40.0 Å². The first-order valence-corrected chi connectivity index (χ1v) is 5.78. The summed E-state index contributed by atoms with van der Waals surface area (Å²) in [6, 6.07) is 0. The van der Waals surface area contributed by atoms with Crippen LogP contribution in [0.3, 0.4) is 0 Å². The van der Waals surface area contributed by atoms with Crippen molar-refractivity contribution in [1.29, 1.82) is 0 Å². The van der Waals surface area contributed by atoms with Crippen LogP contribution < -0.4 is 0 Å². The summed E-state index contributed by atoms with van der Waals surface area (Å²) in [4.78, 5) is 35.1. The number of esters is 1. The van der Waals surface area contributed by atoms with E-state index >= 15 is 0 Å². The number of imide groups is 1. The molecular formula is C12H19NO4. The second-order valence-corrected chi connectivity index (χ2v) is 5.41. The predicted octanol–water partition coefficient (Wildman–Crippen LogP) is 1.11. The Kier molecular flexibility index (Phi) is 4.26. The van der Waals surface area contributed by atoms with Crippen LogP contribution in [0.25, 0.3) is 0 Å². The summed E-state index contributed by atoms with van der Waals surface area (Å²) in [5.74, 6) is -0.760. The maximum Gasteiger partial charge on any atom is 0.307 e. The minimum Gasteiger partial charge on any atom is -0.465 e. The third-order valence-corrected chi connectivity index (χ3v) is 2.36. The highest BCUT2D eigenvalue weighted by molar-refractivity contribution is 6.02. The molecule has 5 heteroatoms. The fraction of sp³-hybridized carbons (Fsp3) is 0.750. The van der Waals surface area contributed by atoms with E-state index in [1.54, 1.807) is 0 Å². The van der Waals surface area contributed by atoms with Gasteiger partial charge in [-0.25, -0.2) is 0 Å². The van der Waals surface area contributed by atoms with Gasteiger partial charge in [-0.1, -0.05) is 20.8 Å². The molecule has 1 aliphatic heterocycles. The second-order valence-electron chi connectivity index (χ2n) is 5.41. The molecule has 1 rings (SSSR count). The van der Waals surface area contributed by atoms with Crippen LogP contribution >= 0.6 is 0 Å². The van der Waals surface area contributed by atoms with Crippen molar-refractivity contribution in [1.82, 2.24) is 4.90 Å². The monoisotopic (exact) mass is 241 g/mol. The van der Waals surface area contributed by atoms with Crippen LogP contribution in [-0.4, -0.2) is 35.8 Å². The van der Waals surface area contributed by atoms with Crippen molar-refractivity contribution in [3.05, 3.63) is 0 Å². The van der Waals surface area contributed by atoms with E-state index < -0.39 is 0 Å². The Bertz CT molecular complexity index is 314. The van der Waals surface area contributed by atoms with Crippen LogP contribution in [-0.2, 0) is 19.1 Å². The van der Waals surface area contributed by atoms with Crippen molar-refractivity contribution in [3.63, 3.8) is 0 Å². The number of carbonyl (C=O) groups is 3. The van der Waals surface area contributed by atoms with Crippen LogP contribution in [0, 0.1) is 5.41 Å². The Morgan fingerprint density at radius 2 is 1.76 bits per heavy atom. The van der Waals surface area contributed by atoms with E-state index in [4.69, 9.17) is 4.74 Å². The zero-order valence-electron chi connectivity index (χ0n) is 10.6. The standard InChI is InChI=1S/C12H19NO4/c1-12(2,3)8-17-11(16)6-7-13-9(14)4-5-10(13)15/h4-8H2,1-3H3. The number of amides is 2. The van der Waals surface area contributed by atoms with E-state index in [1.165, 1.54) is 0 Å². The number of ether oxygens (including phenoxy) is 1. The Morgan fingerprint density at radius 1 is 1.24 bits per heavy atom. The van der Waals surface area contributed by atoms with Gasteiger partial charge >= 0.3 is 5.97 Å². The van der Waals surface area contributed by atoms with Gasteiger partial charge in [0.15, 0.2) is 0 Å². The average molecular weight is 241 g/mol. The maximum absolute atomic E-state index is 11.4. The number of hydrogen-bond donors (Lipinski definition) is 0.